The van der Waals surface area contributed by atoms with Gasteiger partial charge in [-0.1, -0.05) is 13.8 Å². The summed E-state index contributed by atoms with van der Waals surface area (Å²) in [5.41, 5.74) is 5.33. The van der Waals surface area contributed by atoms with E-state index in [1.54, 1.807) is 0 Å². The van der Waals surface area contributed by atoms with Gasteiger partial charge in [-0.2, -0.15) is 0 Å². The first-order valence-electron chi connectivity index (χ1n) is 2.54. The van der Waals surface area contributed by atoms with Crippen molar-refractivity contribution in [2.75, 3.05) is 0 Å². The second-order valence-corrected chi connectivity index (χ2v) is 2.55. The molecule has 0 amide bonds. The van der Waals surface area contributed by atoms with Crippen LogP contribution < -0.4 is 5.73 Å². The van der Waals surface area contributed by atoms with Gasteiger partial charge < -0.3 is 5.73 Å². The molecule has 0 aliphatic heterocycles. The lowest BCUT2D eigenvalue weighted by atomic mass is 10.1. The quantitative estimate of drug-likeness (QED) is 0.602. The van der Waals surface area contributed by atoms with Crippen molar-refractivity contribution in [3.63, 3.8) is 0 Å². The van der Waals surface area contributed by atoms with E-state index in [9.17, 15) is 4.79 Å². The lowest BCUT2D eigenvalue weighted by Gasteiger charge is -2.08. The standard InChI is InChI=1S/C5H11NOS.ClH/c1-3(2)4(6)5(7)8;/h3-4H,6H2,1-2H3,(H,7,8);1H. The van der Waals surface area contributed by atoms with Crippen LogP contribution in [0.3, 0.4) is 0 Å². The van der Waals surface area contributed by atoms with E-state index in [1.807, 2.05) is 13.8 Å². The molecule has 0 aromatic carbocycles. The molecular weight excluding hydrogens is 158 g/mol. The minimum atomic E-state index is -0.404. The van der Waals surface area contributed by atoms with Crippen LogP contribution in [0.4, 0.5) is 0 Å². The van der Waals surface area contributed by atoms with Gasteiger partial charge >= 0.3 is 0 Å². The minimum Gasteiger partial charge on any atom is -0.321 e. The van der Waals surface area contributed by atoms with Crippen molar-refractivity contribution in [2.24, 2.45) is 11.7 Å². The third kappa shape index (κ3) is 4.75. The molecule has 1 atom stereocenters. The van der Waals surface area contributed by atoms with Gasteiger partial charge in [-0.05, 0) is 5.92 Å². The van der Waals surface area contributed by atoms with E-state index in [0.29, 0.717) is 0 Å². The van der Waals surface area contributed by atoms with Crippen LogP contribution in [-0.4, -0.2) is 11.2 Å². The molecule has 0 aliphatic carbocycles. The summed E-state index contributed by atoms with van der Waals surface area (Å²) >= 11 is 3.57. The third-order valence-electron chi connectivity index (χ3n) is 1.00. The predicted molar refractivity (Wildman–Crippen MR) is 44.1 cm³/mol. The Kier molecular flexibility index (Phi) is 6.78. The minimum absolute atomic E-state index is 0. The van der Waals surface area contributed by atoms with Gasteiger partial charge in [0.2, 0.25) is 5.12 Å². The molecule has 2 nitrogen and oxygen atoms in total. The van der Waals surface area contributed by atoms with Crippen molar-refractivity contribution in [3.05, 3.63) is 0 Å². The summed E-state index contributed by atoms with van der Waals surface area (Å²) in [5.74, 6) is 0.194. The molecule has 2 N–H and O–H groups in total. The number of carbonyl (C=O) groups excluding carboxylic acids is 1. The van der Waals surface area contributed by atoms with Crippen molar-refractivity contribution in [2.45, 2.75) is 19.9 Å². The van der Waals surface area contributed by atoms with Crippen molar-refractivity contribution >= 4 is 30.2 Å². The summed E-state index contributed by atoms with van der Waals surface area (Å²) in [6, 6.07) is -0.404. The molecule has 0 aromatic rings. The molecule has 0 saturated carbocycles. The van der Waals surface area contributed by atoms with Crippen molar-refractivity contribution < 1.29 is 4.79 Å². The van der Waals surface area contributed by atoms with Gasteiger partial charge in [-0.15, -0.1) is 25.0 Å². The number of thiol groups is 1. The lowest BCUT2D eigenvalue weighted by molar-refractivity contribution is -0.112. The van der Waals surface area contributed by atoms with E-state index in [1.165, 1.54) is 0 Å². The average Bonchev–Trinajstić information content (AvgIpc) is 1.64. The van der Waals surface area contributed by atoms with E-state index < -0.39 is 6.04 Å². The summed E-state index contributed by atoms with van der Waals surface area (Å²) in [5, 5.41) is -0.236. The normalized spacial score (nSPS) is 12.6. The molecule has 0 heterocycles. The molecule has 56 valence electrons. The number of halogens is 1. The molecule has 0 saturated heterocycles. The van der Waals surface area contributed by atoms with Crippen LogP contribution in [0.5, 0.6) is 0 Å². The maximum atomic E-state index is 10.3. The Bertz CT molecular complexity index is 97.0. The largest absolute Gasteiger partial charge is 0.321 e. The highest BCUT2D eigenvalue weighted by molar-refractivity contribution is 7.96. The van der Waals surface area contributed by atoms with Crippen LogP contribution in [0.2, 0.25) is 0 Å². The summed E-state index contributed by atoms with van der Waals surface area (Å²) in [6.07, 6.45) is 0. The van der Waals surface area contributed by atoms with Crippen LogP contribution in [0.15, 0.2) is 0 Å². The van der Waals surface area contributed by atoms with Crippen LogP contribution in [-0.2, 0) is 4.79 Å². The zero-order chi connectivity index (χ0) is 6.73. The highest BCUT2D eigenvalue weighted by atomic mass is 35.5. The van der Waals surface area contributed by atoms with Gasteiger partial charge in [0.05, 0.1) is 6.04 Å². The molecule has 1 unspecified atom stereocenters. The van der Waals surface area contributed by atoms with E-state index in [2.05, 4.69) is 12.6 Å². The van der Waals surface area contributed by atoms with Gasteiger partial charge in [0.15, 0.2) is 0 Å². The van der Waals surface area contributed by atoms with Crippen LogP contribution in [0.1, 0.15) is 13.8 Å². The molecular formula is C5H12ClNOS. The van der Waals surface area contributed by atoms with E-state index >= 15 is 0 Å². The maximum Gasteiger partial charge on any atom is 0.202 e. The highest BCUT2D eigenvalue weighted by Gasteiger charge is 2.11. The van der Waals surface area contributed by atoms with Gasteiger partial charge in [0, 0.05) is 0 Å². The fourth-order valence-electron chi connectivity index (χ4n) is 0.285. The third-order valence-corrected chi connectivity index (χ3v) is 1.30. The molecule has 0 rings (SSSR count). The smallest absolute Gasteiger partial charge is 0.202 e. The summed E-state index contributed by atoms with van der Waals surface area (Å²) in [4.78, 5) is 10.3. The Morgan fingerprint density at radius 3 is 1.89 bits per heavy atom. The van der Waals surface area contributed by atoms with Crippen LogP contribution in [0.25, 0.3) is 0 Å². The average molecular weight is 170 g/mol. The SMILES string of the molecule is CC(C)C(N)C(=O)S.Cl. The van der Waals surface area contributed by atoms with E-state index in [-0.39, 0.29) is 23.4 Å². The van der Waals surface area contributed by atoms with Crippen molar-refractivity contribution in [1.29, 1.82) is 0 Å². The first kappa shape index (κ1) is 12.0. The predicted octanol–water partition coefficient (Wildman–Crippen LogP) is 0.848. The Hall–Kier alpha value is 0.270. The Balaban J connectivity index is 0. The first-order chi connectivity index (χ1) is 3.55. The number of hydrogen-bond acceptors (Lipinski definition) is 2. The molecule has 0 aromatic heterocycles. The summed E-state index contributed by atoms with van der Waals surface area (Å²) in [7, 11) is 0. The maximum absolute atomic E-state index is 10.3. The zero-order valence-electron chi connectivity index (χ0n) is 5.50. The van der Waals surface area contributed by atoms with Crippen LogP contribution >= 0.6 is 25.0 Å². The molecule has 0 radical (unpaired) electrons. The van der Waals surface area contributed by atoms with Crippen molar-refractivity contribution in [1.82, 2.24) is 0 Å². The van der Waals surface area contributed by atoms with Gasteiger partial charge in [-0.3, -0.25) is 4.79 Å². The Morgan fingerprint density at radius 2 is 1.89 bits per heavy atom. The zero-order valence-corrected chi connectivity index (χ0v) is 7.21. The second-order valence-electron chi connectivity index (χ2n) is 2.11. The molecule has 4 heteroatoms. The topological polar surface area (TPSA) is 43.1 Å². The van der Waals surface area contributed by atoms with E-state index in [0.717, 1.165) is 0 Å². The molecule has 0 aliphatic rings. The summed E-state index contributed by atoms with van der Waals surface area (Å²) < 4.78 is 0. The number of carbonyl (C=O) groups is 1. The second kappa shape index (κ2) is 5.09. The number of rotatable bonds is 2. The fourth-order valence-corrected chi connectivity index (χ4v) is 0.583. The highest BCUT2D eigenvalue weighted by Crippen LogP contribution is 2.00. The Labute approximate surface area is 67.0 Å². The Morgan fingerprint density at radius 1 is 1.56 bits per heavy atom. The van der Waals surface area contributed by atoms with Gasteiger partial charge in [0.1, 0.15) is 0 Å². The van der Waals surface area contributed by atoms with Crippen molar-refractivity contribution in [3.8, 4) is 0 Å². The summed E-state index contributed by atoms with van der Waals surface area (Å²) in [6.45, 7) is 3.78. The lowest BCUT2D eigenvalue weighted by Crippen LogP contribution is -2.32. The first-order valence-corrected chi connectivity index (χ1v) is 2.98. The molecule has 0 bridgehead atoms. The number of hydrogen-bond donors (Lipinski definition) is 2. The van der Waals surface area contributed by atoms with Crippen LogP contribution in [0, 0.1) is 5.92 Å². The van der Waals surface area contributed by atoms with Gasteiger partial charge in [0.25, 0.3) is 0 Å². The fraction of sp³-hybridized carbons (Fsp3) is 0.800. The van der Waals surface area contributed by atoms with E-state index in [4.69, 9.17) is 5.73 Å². The molecule has 0 spiro atoms. The molecule has 0 fully saturated rings. The van der Waals surface area contributed by atoms with Gasteiger partial charge in [-0.25, -0.2) is 0 Å². The molecule has 9 heavy (non-hydrogen) atoms. The number of nitrogens with two attached hydrogens (primary N) is 1. The monoisotopic (exact) mass is 169 g/mol.